The number of fused-ring (bicyclic) bond motifs is 5. The molecule has 0 amide bonds. The maximum Gasteiger partial charge on any atom is 0.417 e. The lowest BCUT2D eigenvalue weighted by Crippen LogP contribution is -2.55. The number of alkyl halides is 3. The molecule has 1 nitrogen and oxygen atoms in total. The van der Waals surface area contributed by atoms with E-state index in [1.54, 1.807) is 0 Å². The van der Waals surface area contributed by atoms with Crippen molar-refractivity contribution in [2.75, 3.05) is 0 Å². The van der Waals surface area contributed by atoms with Gasteiger partial charge in [0.15, 0.2) is 5.60 Å². The summed E-state index contributed by atoms with van der Waals surface area (Å²) < 4.78 is 40.0. The average molecular weight is 387 g/mol. The fraction of sp³-hybridized carbons (Fsp3) is 1.00. The third-order valence-electron chi connectivity index (χ3n) is 9.94. The maximum absolute atomic E-state index is 13.3. The van der Waals surface area contributed by atoms with Crippen LogP contribution in [-0.4, -0.2) is 16.9 Å². The molecular weight excluding hydrogens is 349 g/mol. The van der Waals surface area contributed by atoms with Gasteiger partial charge in [0.05, 0.1) is 0 Å². The molecule has 0 radical (unpaired) electrons. The summed E-state index contributed by atoms with van der Waals surface area (Å²) in [6.07, 6.45) is 4.34. The topological polar surface area (TPSA) is 20.2 Å². The first-order valence-corrected chi connectivity index (χ1v) is 11.4. The van der Waals surface area contributed by atoms with Crippen molar-refractivity contribution in [2.45, 2.75) is 96.8 Å². The molecule has 9 atom stereocenters. The van der Waals surface area contributed by atoms with Gasteiger partial charge in [0.2, 0.25) is 0 Å². The summed E-state index contributed by atoms with van der Waals surface area (Å²) in [6.45, 7) is 7.26. The first-order valence-electron chi connectivity index (χ1n) is 11.4. The zero-order valence-corrected chi connectivity index (χ0v) is 17.2. The average Bonchev–Trinajstić information content (AvgIpc) is 2.97. The summed E-state index contributed by atoms with van der Waals surface area (Å²) in [4.78, 5) is 0. The van der Waals surface area contributed by atoms with Crippen LogP contribution >= 0.6 is 0 Å². The molecule has 0 aliphatic heterocycles. The molecule has 0 heterocycles. The molecule has 0 aromatic carbocycles. The normalized spacial score (nSPS) is 51.2. The third kappa shape index (κ3) is 2.99. The molecular formula is C23H37F3O. The fourth-order valence-corrected chi connectivity index (χ4v) is 8.40. The van der Waals surface area contributed by atoms with E-state index in [4.69, 9.17) is 0 Å². The van der Waals surface area contributed by atoms with Crippen LogP contribution in [0, 0.1) is 46.8 Å². The monoisotopic (exact) mass is 386 g/mol. The predicted octanol–water partition coefficient (Wildman–Crippen LogP) is 6.59. The molecule has 4 fully saturated rings. The van der Waals surface area contributed by atoms with Crippen LogP contribution in [0.2, 0.25) is 0 Å². The van der Waals surface area contributed by atoms with Crippen LogP contribution in [0.4, 0.5) is 13.2 Å². The Morgan fingerprint density at radius 3 is 2.33 bits per heavy atom. The van der Waals surface area contributed by atoms with Gasteiger partial charge in [-0.25, -0.2) is 0 Å². The molecule has 0 aromatic rings. The van der Waals surface area contributed by atoms with Crippen LogP contribution in [0.15, 0.2) is 0 Å². The molecule has 4 aliphatic rings. The Hall–Kier alpha value is -0.250. The van der Waals surface area contributed by atoms with Crippen molar-refractivity contribution >= 4 is 0 Å². The summed E-state index contributed by atoms with van der Waals surface area (Å²) in [7, 11) is 0. The Morgan fingerprint density at radius 2 is 1.67 bits per heavy atom. The highest BCUT2D eigenvalue weighted by Gasteiger charge is 2.61. The number of halogens is 3. The minimum atomic E-state index is -4.48. The first-order chi connectivity index (χ1) is 12.6. The van der Waals surface area contributed by atoms with E-state index in [1.165, 1.54) is 32.1 Å². The molecule has 4 heteroatoms. The van der Waals surface area contributed by atoms with Crippen molar-refractivity contribution in [3.05, 3.63) is 0 Å². The van der Waals surface area contributed by atoms with E-state index in [9.17, 15) is 18.3 Å². The SMILES string of the molecule is CCC(C)[C@H]1CC[C@H]2[C@@H]3CC[C@@H]4CC(O)(C(F)(F)F)CC[C@@H]4[C@H]3CC[C@]12C. The predicted molar refractivity (Wildman–Crippen MR) is 101 cm³/mol. The lowest BCUT2D eigenvalue weighted by atomic mass is 9.48. The van der Waals surface area contributed by atoms with Crippen LogP contribution in [-0.2, 0) is 0 Å². The van der Waals surface area contributed by atoms with E-state index < -0.39 is 11.8 Å². The Bertz CT molecular complexity index is 560. The minimum absolute atomic E-state index is 0.0538. The lowest BCUT2D eigenvalue weighted by molar-refractivity contribution is -0.282. The summed E-state index contributed by atoms with van der Waals surface area (Å²) in [5.41, 5.74) is -1.98. The highest BCUT2D eigenvalue weighted by Crippen LogP contribution is 2.66. The quantitative estimate of drug-likeness (QED) is 0.567. The van der Waals surface area contributed by atoms with E-state index in [0.717, 1.165) is 36.5 Å². The molecule has 4 saturated carbocycles. The first kappa shape index (κ1) is 20.0. The van der Waals surface area contributed by atoms with Crippen molar-refractivity contribution in [3.8, 4) is 0 Å². The summed E-state index contributed by atoms with van der Waals surface area (Å²) >= 11 is 0. The molecule has 156 valence electrons. The third-order valence-corrected chi connectivity index (χ3v) is 9.94. The second-order valence-electron chi connectivity index (χ2n) is 10.8. The van der Waals surface area contributed by atoms with Gasteiger partial charge in [-0.2, -0.15) is 13.2 Å². The van der Waals surface area contributed by atoms with Gasteiger partial charge < -0.3 is 5.11 Å². The summed E-state index contributed by atoms with van der Waals surface area (Å²) in [5, 5.41) is 10.2. The van der Waals surface area contributed by atoms with Crippen molar-refractivity contribution in [3.63, 3.8) is 0 Å². The molecule has 27 heavy (non-hydrogen) atoms. The second-order valence-corrected chi connectivity index (χ2v) is 10.8. The van der Waals surface area contributed by atoms with Crippen molar-refractivity contribution in [1.82, 2.24) is 0 Å². The Kier molecular flexibility index (Phi) is 4.93. The highest BCUT2D eigenvalue weighted by molar-refractivity contribution is 5.08. The highest BCUT2D eigenvalue weighted by atomic mass is 19.4. The fourth-order valence-electron chi connectivity index (χ4n) is 8.40. The number of aliphatic hydroxyl groups is 1. The minimum Gasteiger partial charge on any atom is -0.380 e. The molecule has 0 saturated heterocycles. The van der Waals surface area contributed by atoms with Gasteiger partial charge >= 0.3 is 6.18 Å². The Labute approximate surface area is 162 Å². The van der Waals surface area contributed by atoms with Gasteiger partial charge in [0.1, 0.15) is 0 Å². The molecule has 4 rings (SSSR count). The molecule has 0 bridgehead atoms. The standard InChI is InChI=1S/C23H37F3O/c1-4-14(2)19-7-8-20-18-6-5-15-13-22(27,23(24,25)26)12-10-16(15)17(18)9-11-21(19,20)3/h14-20,27H,4-13H2,1-3H3/t14?,15-,16+,17-,18-,19-,20+,21-,22?/m1/s1. The van der Waals surface area contributed by atoms with Gasteiger partial charge in [0, 0.05) is 0 Å². The van der Waals surface area contributed by atoms with E-state index in [0.29, 0.717) is 23.7 Å². The number of hydrogen-bond acceptors (Lipinski definition) is 1. The van der Waals surface area contributed by atoms with Gasteiger partial charge in [-0.3, -0.25) is 0 Å². The zero-order valence-electron chi connectivity index (χ0n) is 17.2. The van der Waals surface area contributed by atoms with E-state index in [1.807, 2.05) is 0 Å². The van der Waals surface area contributed by atoms with E-state index >= 15 is 0 Å². The van der Waals surface area contributed by atoms with Crippen molar-refractivity contribution < 1.29 is 18.3 Å². The zero-order chi connectivity index (χ0) is 19.6. The number of hydrogen-bond donors (Lipinski definition) is 1. The molecule has 0 spiro atoms. The van der Waals surface area contributed by atoms with Crippen LogP contribution in [0.1, 0.15) is 85.0 Å². The Morgan fingerprint density at radius 1 is 0.963 bits per heavy atom. The molecule has 1 N–H and O–H groups in total. The largest absolute Gasteiger partial charge is 0.417 e. The van der Waals surface area contributed by atoms with E-state index in [-0.39, 0.29) is 18.8 Å². The second kappa shape index (κ2) is 6.64. The van der Waals surface area contributed by atoms with Crippen molar-refractivity contribution in [1.29, 1.82) is 0 Å². The van der Waals surface area contributed by atoms with Gasteiger partial charge in [-0.05, 0) is 105 Å². The van der Waals surface area contributed by atoms with Crippen LogP contribution in [0.3, 0.4) is 0 Å². The van der Waals surface area contributed by atoms with Gasteiger partial charge in [-0.15, -0.1) is 0 Å². The summed E-state index contributed by atoms with van der Waals surface area (Å²) in [5.74, 6) is 4.20. The lowest BCUT2D eigenvalue weighted by Gasteiger charge is -2.57. The molecule has 4 aliphatic carbocycles. The summed E-state index contributed by atoms with van der Waals surface area (Å²) in [6, 6.07) is 0. The van der Waals surface area contributed by atoms with Crippen LogP contribution in [0.5, 0.6) is 0 Å². The number of rotatable bonds is 2. The molecule has 0 aromatic heterocycles. The Balaban J connectivity index is 1.51. The van der Waals surface area contributed by atoms with Gasteiger partial charge in [0.25, 0.3) is 0 Å². The van der Waals surface area contributed by atoms with Crippen LogP contribution < -0.4 is 0 Å². The molecule has 2 unspecified atom stereocenters. The van der Waals surface area contributed by atoms with E-state index in [2.05, 4.69) is 20.8 Å². The maximum atomic E-state index is 13.3. The van der Waals surface area contributed by atoms with Crippen LogP contribution in [0.25, 0.3) is 0 Å². The van der Waals surface area contributed by atoms with Gasteiger partial charge in [-0.1, -0.05) is 27.2 Å². The smallest absolute Gasteiger partial charge is 0.380 e. The van der Waals surface area contributed by atoms with Crippen molar-refractivity contribution in [2.24, 2.45) is 46.8 Å².